The molecule has 1 aromatic heterocycles. The summed E-state index contributed by atoms with van der Waals surface area (Å²) < 4.78 is 4.39. The molecule has 0 aromatic carbocycles. The summed E-state index contributed by atoms with van der Waals surface area (Å²) in [5.74, 6) is -1.56. The van der Waals surface area contributed by atoms with E-state index in [1.54, 1.807) is 5.01 Å². The molecule has 2 rings (SSSR count). The van der Waals surface area contributed by atoms with Crippen LogP contribution in [0.5, 0.6) is 5.95 Å². The van der Waals surface area contributed by atoms with Crippen LogP contribution in [-0.2, 0) is 4.79 Å². The number of aliphatic carboxylic acids is 1. The predicted octanol–water partition coefficient (Wildman–Crippen LogP) is -1.53. The first-order chi connectivity index (χ1) is 7.16. The normalized spacial score (nSPS) is 18.0. The third kappa shape index (κ3) is 2.00. The summed E-state index contributed by atoms with van der Waals surface area (Å²) in [5, 5.41) is 24.8. The summed E-state index contributed by atoms with van der Waals surface area (Å²) in [6, 6.07) is 0. The molecular weight excluding hydrogens is 202 g/mol. The fourth-order valence-corrected chi connectivity index (χ4v) is 1.67. The molecule has 0 bridgehead atoms. The van der Waals surface area contributed by atoms with Gasteiger partial charge in [0.1, 0.15) is 5.27 Å². The first-order valence-electron chi connectivity index (χ1n) is 4.70. The van der Waals surface area contributed by atoms with E-state index in [-0.39, 0.29) is 5.92 Å². The van der Waals surface area contributed by atoms with Crippen LogP contribution >= 0.6 is 0 Å². The Hall–Kier alpha value is -1.79. The SMILES string of the molecule is O=C(O)C1CCN([n+]2cc([O-])on2)CC1. The fraction of sp³-hybridized carbons (Fsp3) is 0.625. The maximum Gasteiger partial charge on any atom is 0.306 e. The van der Waals surface area contributed by atoms with Gasteiger partial charge in [-0.05, 0) is 12.8 Å². The standard InChI is InChI=1S/C8H11N3O4/c12-7-5-11(9-15-7)10-3-1-6(2-4-10)8(13)14/h5-6H,1-4H2,(H-,9,12,13,14). The maximum absolute atomic E-state index is 10.7. The molecule has 82 valence electrons. The predicted molar refractivity (Wildman–Crippen MR) is 44.5 cm³/mol. The number of rotatable bonds is 2. The Morgan fingerprint density at radius 2 is 2.33 bits per heavy atom. The van der Waals surface area contributed by atoms with Crippen molar-refractivity contribution in [2.24, 2.45) is 5.92 Å². The molecule has 7 heteroatoms. The lowest BCUT2D eigenvalue weighted by molar-refractivity contribution is -0.759. The average molecular weight is 213 g/mol. The van der Waals surface area contributed by atoms with Crippen LogP contribution in [0.3, 0.4) is 0 Å². The van der Waals surface area contributed by atoms with Crippen molar-refractivity contribution < 1.29 is 24.3 Å². The van der Waals surface area contributed by atoms with E-state index in [1.165, 1.54) is 11.0 Å². The van der Waals surface area contributed by atoms with Gasteiger partial charge < -0.3 is 14.7 Å². The van der Waals surface area contributed by atoms with Gasteiger partial charge in [0, 0.05) is 4.79 Å². The molecule has 1 aliphatic rings. The molecular formula is C8H11N3O4. The number of piperidine rings is 1. The van der Waals surface area contributed by atoms with Crippen LogP contribution in [0.1, 0.15) is 12.8 Å². The molecule has 1 aliphatic heterocycles. The molecule has 0 unspecified atom stereocenters. The zero-order chi connectivity index (χ0) is 10.8. The summed E-state index contributed by atoms with van der Waals surface area (Å²) in [6.07, 6.45) is 2.36. The first kappa shape index (κ1) is 9.75. The lowest BCUT2D eigenvalue weighted by Gasteiger charge is -2.23. The zero-order valence-corrected chi connectivity index (χ0v) is 8.00. The summed E-state index contributed by atoms with van der Waals surface area (Å²) in [6.45, 7) is 1.13. The van der Waals surface area contributed by atoms with Gasteiger partial charge in [-0.3, -0.25) is 4.79 Å². The van der Waals surface area contributed by atoms with E-state index in [4.69, 9.17) is 5.11 Å². The number of aromatic nitrogens is 2. The Morgan fingerprint density at radius 3 is 2.80 bits per heavy atom. The van der Waals surface area contributed by atoms with Crippen molar-refractivity contribution in [2.75, 3.05) is 18.1 Å². The van der Waals surface area contributed by atoms with E-state index in [9.17, 15) is 9.90 Å². The van der Waals surface area contributed by atoms with E-state index in [2.05, 4.69) is 9.79 Å². The molecule has 0 atom stereocenters. The number of carboxylic acid groups (broad SMARTS) is 1. The molecule has 1 fully saturated rings. The van der Waals surface area contributed by atoms with Gasteiger partial charge in [0.15, 0.2) is 5.95 Å². The summed E-state index contributed by atoms with van der Waals surface area (Å²) in [4.78, 5) is 12.0. The highest BCUT2D eigenvalue weighted by molar-refractivity contribution is 5.70. The van der Waals surface area contributed by atoms with Crippen molar-refractivity contribution in [1.29, 1.82) is 0 Å². The first-order valence-corrected chi connectivity index (χ1v) is 4.70. The number of nitrogens with zero attached hydrogens (tertiary/aromatic N) is 3. The Bertz CT molecular complexity index is 357. The van der Waals surface area contributed by atoms with Crippen LogP contribution < -0.4 is 14.9 Å². The molecule has 15 heavy (non-hydrogen) atoms. The van der Waals surface area contributed by atoms with Gasteiger partial charge in [0.25, 0.3) is 6.20 Å². The number of carboxylic acids is 1. The molecule has 0 radical (unpaired) electrons. The van der Waals surface area contributed by atoms with E-state index in [0.717, 1.165) is 0 Å². The summed E-state index contributed by atoms with van der Waals surface area (Å²) >= 11 is 0. The molecule has 0 saturated carbocycles. The monoisotopic (exact) mass is 213 g/mol. The van der Waals surface area contributed by atoms with Crippen LogP contribution in [0, 0.1) is 5.92 Å². The summed E-state index contributed by atoms with van der Waals surface area (Å²) in [7, 11) is 0. The van der Waals surface area contributed by atoms with E-state index >= 15 is 0 Å². The highest BCUT2D eigenvalue weighted by Gasteiger charge is 2.29. The Kier molecular flexibility index (Phi) is 2.44. The second-order valence-electron chi connectivity index (χ2n) is 3.51. The van der Waals surface area contributed by atoms with Crippen LogP contribution in [0.25, 0.3) is 0 Å². The van der Waals surface area contributed by atoms with Crippen molar-refractivity contribution in [3.63, 3.8) is 0 Å². The van der Waals surface area contributed by atoms with Crippen LogP contribution in [0.15, 0.2) is 10.7 Å². The van der Waals surface area contributed by atoms with Gasteiger partial charge in [0.05, 0.1) is 19.0 Å². The topological polar surface area (TPSA) is 93.5 Å². The van der Waals surface area contributed by atoms with E-state index < -0.39 is 11.9 Å². The molecule has 2 heterocycles. The lowest BCUT2D eigenvalue weighted by Crippen LogP contribution is -2.61. The number of hydrogen-bond donors (Lipinski definition) is 1. The van der Waals surface area contributed by atoms with E-state index in [0.29, 0.717) is 25.9 Å². The van der Waals surface area contributed by atoms with Crippen molar-refractivity contribution in [2.45, 2.75) is 12.8 Å². The van der Waals surface area contributed by atoms with E-state index in [1.807, 2.05) is 0 Å². The van der Waals surface area contributed by atoms with Crippen molar-refractivity contribution in [3.8, 4) is 5.95 Å². The van der Waals surface area contributed by atoms with Gasteiger partial charge in [0.2, 0.25) is 0 Å². The molecule has 1 N–H and O–H groups in total. The zero-order valence-electron chi connectivity index (χ0n) is 8.00. The van der Waals surface area contributed by atoms with Gasteiger partial charge in [-0.25, -0.2) is 0 Å². The molecule has 1 aromatic rings. The summed E-state index contributed by atoms with van der Waals surface area (Å²) in [5.41, 5.74) is 0. The third-order valence-electron chi connectivity index (χ3n) is 2.55. The van der Waals surface area contributed by atoms with Crippen LogP contribution in [-0.4, -0.2) is 29.4 Å². The minimum Gasteiger partial charge on any atom is -0.539 e. The van der Waals surface area contributed by atoms with Gasteiger partial charge in [-0.2, -0.15) is 5.01 Å². The average Bonchev–Trinajstić information content (AvgIpc) is 2.65. The van der Waals surface area contributed by atoms with Crippen molar-refractivity contribution in [3.05, 3.63) is 6.20 Å². The minimum atomic E-state index is -0.760. The second-order valence-corrected chi connectivity index (χ2v) is 3.51. The quantitative estimate of drug-likeness (QED) is 0.599. The maximum atomic E-state index is 10.7. The van der Waals surface area contributed by atoms with Crippen LogP contribution in [0.4, 0.5) is 0 Å². The third-order valence-corrected chi connectivity index (χ3v) is 2.55. The Morgan fingerprint density at radius 1 is 1.67 bits per heavy atom. The Labute approximate surface area is 85.5 Å². The van der Waals surface area contributed by atoms with Crippen molar-refractivity contribution >= 4 is 5.97 Å². The largest absolute Gasteiger partial charge is 0.539 e. The van der Waals surface area contributed by atoms with Crippen molar-refractivity contribution in [1.82, 2.24) is 5.27 Å². The van der Waals surface area contributed by atoms with Gasteiger partial charge in [-0.1, -0.05) is 0 Å². The number of hydrogen-bond acceptors (Lipinski definition) is 5. The number of carbonyl (C=O) groups is 1. The molecule has 0 amide bonds. The Balaban J connectivity index is 1.96. The van der Waals surface area contributed by atoms with Gasteiger partial charge in [-0.15, -0.1) is 0 Å². The van der Waals surface area contributed by atoms with Crippen LogP contribution in [0.2, 0.25) is 0 Å². The second kappa shape index (κ2) is 3.76. The smallest absolute Gasteiger partial charge is 0.306 e. The minimum absolute atomic E-state index is 0.291. The van der Waals surface area contributed by atoms with Gasteiger partial charge >= 0.3 is 5.97 Å². The molecule has 0 spiro atoms. The molecule has 1 saturated heterocycles. The lowest BCUT2D eigenvalue weighted by atomic mass is 9.98. The molecule has 7 nitrogen and oxygen atoms in total. The highest BCUT2D eigenvalue weighted by Crippen LogP contribution is 2.14. The highest BCUT2D eigenvalue weighted by atomic mass is 16.6. The molecule has 0 aliphatic carbocycles. The fourth-order valence-electron chi connectivity index (χ4n) is 1.67.